The fourth-order valence-electron chi connectivity index (χ4n) is 2.07. The first kappa shape index (κ1) is 17.0. The molecule has 2 aromatic carbocycles. The Morgan fingerprint density at radius 3 is 2.56 bits per heavy atom. The number of nitrogens with zero attached hydrogens (tertiary/aromatic N) is 2. The number of ether oxygens (including phenoxy) is 1. The van der Waals surface area contributed by atoms with E-state index >= 15 is 0 Å². The molecule has 0 radical (unpaired) electrons. The van der Waals surface area contributed by atoms with Crippen LogP contribution in [-0.2, 0) is 0 Å². The monoisotopic (exact) mass is 356 g/mol. The van der Waals surface area contributed by atoms with Crippen LogP contribution in [0.4, 0.5) is 0 Å². The van der Waals surface area contributed by atoms with Crippen molar-refractivity contribution < 1.29 is 19.1 Å². The zero-order valence-corrected chi connectivity index (χ0v) is 14.1. The predicted octanol–water partition coefficient (Wildman–Crippen LogP) is 4.00. The molecule has 3 rings (SSSR count). The van der Waals surface area contributed by atoms with E-state index in [4.69, 9.17) is 14.3 Å². The van der Waals surface area contributed by atoms with E-state index < -0.39 is 5.97 Å². The van der Waals surface area contributed by atoms with Gasteiger partial charge in [0.15, 0.2) is 0 Å². The van der Waals surface area contributed by atoms with Gasteiger partial charge in [0, 0.05) is 11.3 Å². The van der Waals surface area contributed by atoms with Crippen molar-refractivity contribution in [2.24, 2.45) is 0 Å². The molecule has 0 aliphatic carbocycles. The first-order valence-corrected chi connectivity index (χ1v) is 8.69. The van der Waals surface area contributed by atoms with Gasteiger partial charge in [-0.1, -0.05) is 30.0 Å². The summed E-state index contributed by atoms with van der Waals surface area (Å²) in [6, 6.07) is 16.0. The average Bonchev–Trinajstić information content (AvgIpc) is 3.11. The van der Waals surface area contributed by atoms with Gasteiger partial charge < -0.3 is 14.3 Å². The molecule has 25 heavy (non-hydrogen) atoms. The van der Waals surface area contributed by atoms with Crippen molar-refractivity contribution >= 4 is 17.7 Å². The molecule has 128 valence electrons. The minimum Gasteiger partial charge on any atom is -0.494 e. The molecule has 1 aromatic heterocycles. The molecular weight excluding hydrogens is 340 g/mol. The third-order valence-corrected chi connectivity index (χ3v) is 4.22. The number of aromatic carboxylic acids is 1. The zero-order chi connectivity index (χ0) is 17.5. The van der Waals surface area contributed by atoms with Crippen LogP contribution in [0.2, 0.25) is 0 Å². The highest BCUT2D eigenvalue weighted by molar-refractivity contribution is 7.99. The molecule has 3 aromatic rings. The van der Waals surface area contributed by atoms with Crippen molar-refractivity contribution in [1.29, 1.82) is 0 Å². The van der Waals surface area contributed by atoms with Crippen LogP contribution in [0.3, 0.4) is 0 Å². The smallest absolute Gasteiger partial charge is 0.335 e. The van der Waals surface area contributed by atoms with E-state index in [-0.39, 0.29) is 5.56 Å². The minimum absolute atomic E-state index is 0.244. The van der Waals surface area contributed by atoms with Crippen LogP contribution < -0.4 is 4.74 Å². The quantitative estimate of drug-likeness (QED) is 0.482. The summed E-state index contributed by atoms with van der Waals surface area (Å²) in [5.74, 6) is 0.998. The Labute approximate surface area is 148 Å². The van der Waals surface area contributed by atoms with E-state index in [0.717, 1.165) is 17.7 Å². The lowest BCUT2D eigenvalue weighted by molar-refractivity contribution is 0.0697. The Bertz CT molecular complexity index is 819. The van der Waals surface area contributed by atoms with E-state index in [9.17, 15) is 4.79 Å². The SMILES string of the molecule is O=C(O)c1ccc(OCCCSc2nnc(-c3ccccc3)o2)cc1. The fourth-order valence-corrected chi connectivity index (χ4v) is 2.74. The Morgan fingerprint density at radius 1 is 1.08 bits per heavy atom. The molecule has 0 saturated heterocycles. The molecule has 0 aliphatic heterocycles. The number of carboxylic acids is 1. The normalized spacial score (nSPS) is 10.6. The van der Waals surface area contributed by atoms with Crippen molar-refractivity contribution in [1.82, 2.24) is 10.2 Å². The Hall–Kier alpha value is -2.80. The van der Waals surface area contributed by atoms with Gasteiger partial charge in [-0.15, -0.1) is 10.2 Å². The second kappa shape index (κ2) is 8.34. The molecule has 0 bridgehead atoms. The third-order valence-electron chi connectivity index (χ3n) is 3.31. The van der Waals surface area contributed by atoms with E-state index in [2.05, 4.69) is 10.2 Å². The minimum atomic E-state index is -0.947. The first-order chi connectivity index (χ1) is 12.2. The molecule has 0 saturated carbocycles. The molecule has 0 unspecified atom stereocenters. The van der Waals surface area contributed by atoms with Crippen LogP contribution in [0, 0.1) is 0 Å². The van der Waals surface area contributed by atoms with Gasteiger partial charge in [-0.05, 0) is 42.8 Å². The second-order valence-corrected chi connectivity index (χ2v) is 6.17. The van der Waals surface area contributed by atoms with E-state index in [1.165, 1.54) is 23.9 Å². The molecule has 0 fully saturated rings. The van der Waals surface area contributed by atoms with Gasteiger partial charge in [0.1, 0.15) is 5.75 Å². The average molecular weight is 356 g/mol. The molecule has 1 N–H and O–H groups in total. The summed E-state index contributed by atoms with van der Waals surface area (Å²) in [5, 5.41) is 17.4. The summed E-state index contributed by atoms with van der Waals surface area (Å²) in [6.07, 6.45) is 0.800. The maximum absolute atomic E-state index is 10.8. The number of benzene rings is 2. The largest absolute Gasteiger partial charge is 0.494 e. The van der Waals surface area contributed by atoms with Gasteiger partial charge in [-0.2, -0.15) is 0 Å². The molecule has 0 aliphatic rings. The number of carboxylic acid groups (broad SMARTS) is 1. The number of hydrogen-bond acceptors (Lipinski definition) is 6. The predicted molar refractivity (Wildman–Crippen MR) is 94.0 cm³/mol. The molecule has 6 nitrogen and oxygen atoms in total. The number of hydrogen-bond donors (Lipinski definition) is 1. The van der Waals surface area contributed by atoms with Gasteiger partial charge >= 0.3 is 5.97 Å². The maximum atomic E-state index is 10.8. The van der Waals surface area contributed by atoms with Gasteiger partial charge in [0.2, 0.25) is 5.89 Å². The summed E-state index contributed by atoms with van der Waals surface area (Å²) < 4.78 is 11.2. The summed E-state index contributed by atoms with van der Waals surface area (Å²) in [6.45, 7) is 0.527. The number of carbonyl (C=O) groups is 1. The van der Waals surface area contributed by atoms with Crippen molar-refractivity contribution in [2.45, 2.75) is 11.6 Å². The highest BCUT2D eigenvalue weighted by Gasteiger charge is 2.08. The highest BCUT2D eigenvalue weighted by atomic mass is 32.2. The Kier molecular flexibility index (Phi) is 5.69. The van der Waals surface area contributed by atoms with Crippen molar-refractivity contribution in [3.8, 4) is 17.2 Å². The van der Waals surface area contributed by atoms with Gasteiger partial charge in [0.05, 0.1) is 12.2 Å². The van der Waals surface area contributed by atoms with Crippen molar-refractivity contribution in [3.05, 3.63) is 60.2 Å². The Morgan fingerprint density at radius 2 is 1.84 bits per heavy atom. The lowest BCUT2D eigenvalue weighted by atomic mass is 10.2. The van der Waals surface area contributed by atoms with E-state index in [0.29, 0.717) is 23.5 Å². The Balaban J connectivity index is 1.40. The van der Waals surface area contributed by atoms with Gasteiger partial charge in [-0.25, -0.2) is 4.79 Å². The van der Waals surface area contributed by atoms with Crippen LogP contribution in [-0.4, -0.2) is 33.6 Å². The standard InChI is InChI=1S/C18H16N2O4S/c21-17(22)14-7-9-15(10-8-14)23-11-4-12-25-18-20-19-16(24-18)13-5-2-1-3-6-13/h1-3,5-10H,4,11-12H2,(H,21,22). The van der Waals surface area contributed by atoms with E-state index in [1.54, 1.807) is 12.1 Å². The lowest BCUT2D eigenvalue weighted by Crippen LogP contribution is -2.00. The maximum Gasteiger partial charge on any atom is 0.335 e. The third kappa shape index (κ3) is 4.84. The number of rotatable bonds is 8. The molecular formula is C18H16N2O4S. The van der Waals surface area contributed by atoms with Crippen molar-refractivity contribution in [3.63, 3.8) is 0 Å². The fraction of sp³-hybridized carbons (Fsp3) is 0.167. The second-order valence-electron chi connectivity index (χ2n) is 5.12. The lowest BCUT2D eigenvalue weighted by Gasteiger charge is -2.05. The van der Waals surface area contributed by atoms with Crippen LogP contribution in [0.15, 0.2) is 64.2 Å². The summed E-state index contributed by atoms with van der Waals surface area (Å²) in [4.78, 5) is 10.8. The number of aromatic nitrogens is 2. The van der Waals surface area contributed by atoms with Crippen LogP contribution in [0.5, 0.6) is 5.75 Å². The summed E-state index contributed by atoms with van der Waals surface area (Å²) >= 11 is 1.48. The molecule has 0 atom stereocenters. The van der Waals surface area contributed by atoms with Crippen molar-refractivity contribution in [2.75, 3.05) is 12.4 Å². The van der Waals surface area contributed by atoms with Gasteiger partial charge in [-0.3, -0.25) is 0 Å². The topological polar surface area (TPSA) is 85.5 Å². The van der Waals surface area contributed by atoms with Crippen LogP contribution in [0.1, 0.15) is 16.8 Å². The zero-order valence-electron chi connectivity index (χ0n) is 13.3. The summed E-state index contributed by atoms with van der Waals surface area (Å²) in [7, 11) is 0. The molecule has 7 heteroatoms. The first-order valence-electron chi connectivity index (χ1n) is 7.70. The van der Waals surface area contributed by atoms with Crippen LogP contribution >= 0.6 is 11.8 Å². The van der Waals surface area contributed by atoms with Gasteiger partial charge in [0.25, 0.3) is 5.22 Å². The van der Waals surface area contributed by atoms with Crippen LogP contribution in [0.25, 0.3) is 11.5 Å². The summed E-state index contributed by atoms with van der Waals surface area (Å²) in [5.41, 5.74) is 1.14. The van der Waals surface area contributed by atoms with E-state index in [1.807, 2.05) is 30.3 Å². The molecule has 1 heterocycles. The highest BCUT2D eigenvalue weighted by Crippen LogP contribution is 2.23. The number of thioether (sulfide) groups is 1. The molecule has 0 spiro atoms. The molecule has 0 amide bonds.